The summed E-state index contributed by atoms with van der Waals surface area (Å²) in [5.74, 6) is -0.223. The maximum Gasteiger partial charge on any atom is 0.264 e. The highest BCUT2D eigenvalue weighted by Crippen LogP contribution is 2.23. The van der Waals surface area contributed by atoms with Gasteiger partial charge in [0.1, 0.15) is 13.5 Å². The highest BCUT2D eigenvalue weighted by Gasteiger charge is 2.25. The fourth-order valence-corrected chi connectivity index (χ4v) is 2.87. The number of rotatable bonds is 6. The molecule has 0 unspecified atom stereocenters. The van der Waals surface area contributed by atoms with Crippen molar-refractivity contribution in [3.8, 4) is 0 Å². The van der Waals surface area contributed by atoms with Crippen molar-refractivity contribution in [1.29, 1.82) is 0 Å². The number of benzene rings is 2. The molecule has 7 heteroatoms. The van der Waals surface area contributed by atoms with E-state index in [-0.39, 0.29) is 12.6 Å². The van der Waals surface area contributed by atoms with E-state index in [9.17, 15) is 4.79 Å². The maximum absolute atomic E-state index is 12.6. The molecular formula is C20H19N5O2. The van der Waals surface area contributed by atoms with Gasteiger partial charge in [-0.15, -0.1) is 0 Å². The van der Waals surface area contributed by atoms with Gasteiger partial charge in [0.15, 0.2) is 6.17 Å². The molecule has 27 heavy (non-hydrogen) atoms. The number of carbonyl (C=O) groups is 1. The van der Waals surface area contributed by atoms with Gasteiger partial charge in [0.25, 0.3) is 5.91 Å². The third-order valence-corrected chi connectivity index (χ3v) is 4.17. The summed E-state index contributed by atoms with van der Waals surface area (Å²) in [6.45, 7) is 0.523. The predicted molar refractivity (Wildman–Crippen MR) is 102 cm³/mol. The molecule has 0 fully saturated rings. The monoisotopic (exact) mass is 361 g/mol. The number of nitrogens with one attached hydrogen (secondary N) is 2. The molecule has 3 aromatic rings. The molecule has 0 radical (unpaired) electrons. The van der Waals surface area contributed by atoms with Gasteiger partial charge in [-0.05, 0) is 6.07 Å². The van der Waals surface area contributed by atoms with Crippen molar-refractivity contribution in [3.63, 3.8) is 0 Å². The van der Waals surface area contributed by atoms with E-state index in [4.69, 9.17) is 9.73 Å². The number of ether oxygens (including phenoxy) is 1. The Morgan fingerprint density at radius 1 is 1.11 bits per heavy atom. The van der Waals surface area contributed by atoms with E-state index in [0.717, 1.165) is 22.5 Å². The first-order chi connectivity index (χ1) is 13.3. The molecule has 0 bridgehead atoms. The van der Waals surface area contributed by atoms with Gasteiger partial charge in [-0.25, -0.2) is 4.98 Å². The Hall–Kier alpha value is -3.29. The minimum Gasteiger partial charge on any atom is -0.346 e. The summed E-state index contributed by atoms with van der Waals surface area (Å²) in [4.78, 5) is 21.3. The average Bonchev–Trinajstić information content (AvgIpc) is 3.17. The second-order valence-corrected chi connectivity index (χ2v) is 6.04. The first-order valence-corrected chi connectivity index (χ1v) is 8.61. The van der Waals surface area contributed by atoms with Crippen molar-refractivity contribution in [2.45, 2.75) is 12.9 Å². The molecule has 0 spiro atoms. The minimum atomic E-state index is -0.754. The Balaban J connectivity index is 1.55. The molecule has 0 saturated heterocycles. The number of imidazole rings is 1. The van der Waals surface area contributed by atoms with Crippen molar-refractivity contribution < 1.29 is 9.53 Å². The van der Waals surface area contributed by atoms with Crippen molar-refractivity contribution in [3.05, 3.63) is 84.4 Å². The molecule has 2 heterocycles. The molecule has 0 aliphatic carbocycles. The number of anilines is 1. The molecular weight excluding hydrogens is 342 g/mol. The van der Waals surface area contributed by atoms with E-state index < -0.39 is 6.17 Å². The zero-order valence-corrected chi connectivity index (χ0v) is 14.6. The molecule has 0 saturated carbocycles. The van der Waals surface area contributed by atoms with Crippen LogP contribution in [-0.4, -0.2) is 34.1 Å². The summed E-state index contributed by atoms with van der Waals surface area (Å²) in [5.41, 5.74) is 3.35. The fourth-order valence-electron chi connectivity index (χ4n) is 2.87. The number of benzodiazepines with no additional fused rings is 1. The number of para-hydroxylation sites is 1. The number of hydrogen-bond donors (Lipinski definition) is 2. The Morgan fingerprint density at radius 2 is 1.93 bits per heavy atom. The lowest BCUT2D eigenvalue weighted by Gasteiger charge is -2.13. The second-order valence-electron chi connectivity index (χ2n) is 6.04. The van der Waals surface area contributed by atoms with Crippen molar-refractivity contribution >= 4 is 17.3 Å². The van der Waals surface area contributed by atoms with Crippen molar-refractivity contribution in [2.75, 3.05) is 12.0 Å². The standard InChI is InChI=1S/C20H19N5O2/c26-20-19(22-13-27-14-25-11-10-21-12-25)24-18(15-6-2-1-3-7-15)16-8-4-5-9-17(16)23-20/h1-12,19,22H,13-14H2,(H,23,26)/t19-/m0/s1. The number of aromatic nitrogens is 2. The first kappa shape index (κ1) is 17.1. The molecule has 1 atom stereocenters. The van der Waals surface area contributed by atoms with E-state index in [1.807, 2.05) is 54.6 Å². The van der Waals surface area contributed by atoms with Crippen LogP contribution >= 0.6 is 0 Å². The molecule has 136 valence electrons. The van der Waals surface area contributed by atoms with Crippen LogP contribution in [0, 0.1) is 0 Å². The van der Waals surface area contributed by atoms with E-state index in [0.29, 0.717) is 6.73 Å². The van der Waals surface area contributed by atoms with Gasteiger partial charge in [0, 0.05) is 23.5 Å². The lowest BCUT2D eigenvalue weighted by Crippen LogP contribution is -2.40. The normalized spacial score (nSPS) is 16.2. The molecule has 1 aliphatic rings. The summed E-state index contributed by atoms with van der Waals surface area (Å²) in [6.07, 6.45) is 4.40. The van der Waals surface area contributed by atoms with Crippen LogP contribution in [0.3, 0.4) is 0 Å². The molecule has 7 nitrogen and oxygen atoms in total. The Kier molecular flexibility index (Phi) is 5.04. The molecule has 1 aliphatic heterocycles. The third-order valence-electron chi connectivity index (χ3n) is 4.17. The quantitative estimate of drug-likeness (QED) is 0.521. The van der Waals surface area contributed by atoms with Gasteiger partial charge in [-0.2, -0.15) is 0 Å². The highest BCUT2D eigenvalue weighted by atomic mass is 16.5. The fraction of sp³-hybridized carbons (Fsp3) is 0.150. The third kappa shape index (κ3) is 3.94. The summed E-state index contributed by atoms with van der Waals surface area (Å²) in [7, 11) is 0. The molecule has 2 aromatic carbocycles. The molecule has 4 rings (SSSR count). The highest BCUT2D eigenvalue weighted by molar-refractivity contribution is 6.19. The predicted octanol–water partition coefficient (Wildman–Crippen LogP) is 2.22. The number of hydrogen-bond acceptors (Lipinski definition) is 5. The van der Waals surface area contributed by atoms with E-state index >= 15 is 0 Å². The lowest BCUT2D eigenvalue weighted by molar-refractivity contribution is -0.118. The van der Waals surface area contributed by atoms with Crippen LogP contribution < -0.4 is 10.6 Å². The van der Waals surface area contributed by atoms with Crippen LogP contribution in [0.4, 0.5) is 5.69 Å². The smallest absolute Gasteiger partial charge is 0.264 e. The van der Waals surface area contributed by atoms with Crippen LogP contribution in [0.1, 0.15) is 11.1 Å². The van der Waals surface area contributed by atoms with Gasteiger partial charge >= 0.3 is 0 Å². The van der Waals surface area contributed by atoms with Crippen LogP contribution in [-0.2, 0) is 16.3 Å². The van der Waals surface area contributed by atoms with E-state index in [1.54, 1.807) is 23.3 Å². The zero-order valence-electron chi connectivity index (χ0n) is 14.6. The topological polar surface area (TPSA) is 80.5 Å². The summed E-state index contributed by atoms with van der Waals surface area (Å²) in [6, 6.07) is 17.5. The van der Waals surface area contributed by atoms with Gasteiger partial charge in [0.05, 0.1) is 17.7 Å². The van der Waals surface area contributed by atoms with Crippen LogP contribution in [0.15, 0.2) is 78.3 Å². The van der Waals surface area contributed by atoms with Crippen LogP contribution in [0.5, 0.6) is 0 Å². The van der Waals surface area contributed by atoms with Gasteiger partial charge in [0.2, 0.25) is 0 Å². The Bertz CT molecular complexity index is 938. The summed E-state index contributed by atoms with van der Waals surface area (Å²) < 4.78 is 7.35. The zero-order chi connectivity index (χ0) is 18.5. The number of aliphatic imine (C=N–C) groups is 1. The Morgan fingerprint density at radius 3 is 2.74 bits per heavy atom. The van der Waals surface area contributed by atoms with Crippen LogP contribution in [0.25, 0.3) is 0 Å². The summed E-state index contributed by atoms with van der Waals surface area (Å²) >= 11 is 0. The molecule has 1 amide bonds. The van der Waals surface area contributed by atoms with Gasteiger partial charge in [-0.3, -0.25) is 15.1 Å². The SMILES string of the molecule is O=C1Nc2ccccc2C(c2ccccc2)=N[C@@H]1NCOCn1ccnc1. The second kappa shape index (κ2) is 7.94. The summed E-state index contributed by atoms with van der Waals surface area (Å²) in [5, 5.41) is 5.99. The maximum atomic E-state index is 12.6. The number of amides is 1. The van der Waals surface area contributed by atoms with E-state index in [2.05, 4.69) is 15.6 Å². The van der Waals surface area contributed by atoms with Gasteiger partial charge in [-0.1, -0.05) is 48.5 Å². The average molecular weight is 361 g/mol. The number of fused-ring (bicyclic) bond motifs is 1. The molecule has 1 aromatic heterocycles. The lowest BCUT2D eigenvalue weighted by atomic mass is 10.0. The van der Waals surface area contributed by atoms with Crippen molar-refractivity contribution in [2.24, 2.45) is 4.99 Å². The Labute approximate surface area is 156 Å². The van der Waals surface area contributed by atoms with Gasteiger partial charge < -0.3 is 14.6 Å². The number of nitrogens with zero attached hydrogens (tertiary/aromatic N) is 3. The first-order valence-electron chi connectivity index (χ1n) is 8.61. The number of carbonyl (C=O) groups excluding carboxylic acids is 1. The largest absolute Gasteiger partial charge is 0.346 e. The minimum absolute atomic E-state index is 0.179. The molecule has 2 N–H and O–H groups in total. The van der Waals surface area contributed by atoms with Crippen LogP contribution in [0.2, 0.25) is 0 Å². The van der Waals surface area contributed by atoms with E-state index in [1.165, 1.54) is 0 Å². The van der Waals surface area contributed by atoms with Crippen molar-refractivity contribution in [1.82, 2.24) is 14.9 Å².